The van der Waals surface area contributed by atoms with Gasteiger partial charge in [0.2, 0.25) is 11.8 Å². The minimum absolute atomic E-state index is 0.0107. The average Bonchev–Trinajstić information content (AvgIpc) is 2.57. The summed E-state index contributed by atoms with van der Waals surface area (Å²) in [5.74, 6) is -0.375. The lowest BCUT2D eigenvalue weighted by Gasteiger charge is -2.11. The SMILES string of the molecule is CCC(=O)Nc1cccc(NC(=O)CNc2cc(Cl)c(Cl)cc2Cl)c1. The molecule has 0 spiro atoms. The molecule has 2 aromatic carbocycles. The molecule has 2 aromatic rings. The molecule has 5 nitrogen and oxygen atoms in total. The van der Waals surface area contributed by atoms with Gasteiger partial charge in [-0.25, -0.2) is 0 Å². The lowest BCUT2D eigenvalue weighted by molar-refractivity contribution is -0.116. The molecule has 0 aliphatic carbocycles. The van der Waals surface area contributed by atoms with E-state index in [0.717, 1.165) is 0 Å². The Labute approximate surface area is 160 Å². The van der Waals surface area contributed by atoms with E-state index in [4.69, 9.17) is 34.8 Å². The van der Waals surface area contributed by atoms with Gasteiger partial charge in [-0.15, -0.1) is 0 Å². The van der Waals surface area contributed by atoms with Crippen molar-refractivity contribution in [3.8, 4) is 0 Å². The molecule has 0 aliphatic rings. The normalized spacial score (nSPS) is 10.2. The second-order valence-corrected chi connectivity index (χ2v) is 6.35. The van der Waals surface area contributed by atoms with E-state index in [0.29, 0.717) is 38.6 Å². The number of hydrogen-bond donors (Lipinski definition) is 3. The number of amides is 2. The van der Waals surface area contributed by atoms with Crippen LogP contribution in [0.5, 0.6) is 0 Å². The summed E-state index contributed by atoms with van der Waals surface area (Å²) in [6.07, 6.45) is 0.380. The summed E-state index contributed by atoms with van der Waals surface area (Å²) in [7, 11) is 0. The summed E-state index contributed by atoms with van der Waals surface area (Å²) < 4.78 is 0. The van der Waals surface area contributed by atoms with Gasteiger partial charge in [0.05, 0.1) is 27.3 Å². The van der Waals surface area contributed by atoms with Crippen molar-refractivity contribution in [1.82, 2.24) is 0 Å². The van der Waals surface area contributed by atoms with Gasteiger partial charge in [-0.1, -0.05) is 47.8 Å². The third-order valence-corrected chi connectivity index (χ3v) is 4.24. The van der Waals surface area contributed by atoms with Crippen LogP contribution in [0.2, 0.25) is 15.1 Å². The number of hydrogen-bond acceptors (Lipinski definition) is 3. The van der Waals surface area contributed by atoms with Crippen LogP contribution in [-0.4, -0.2) is 18.4 Å². The fraction of sp³-hybridized carbons (Fsp3) is 0.176. The number of nitrogens with one attached hydrogen (secondary N) is 3. The van der Waals surface area contributed by atoms with E-state index >= 15 is 0 Å². The molecule has 0 fully saturated rings. The third kappa shape index (κ3) is 5.81. The Kier molecular flexibility index (Phi) is 6.93. The van der Waals surface area contributed by atoms with Gasteiger partial charge in [0.15, 0.2) is 0 Å². The van der Waals surface area contributed by atoms with Crippen molar-refractivity contribution in [2.45, 2.75) is 13.3 Å². The number of carbonyl (C=O) groups is 2. The molecule has 0 radical (unpaired) electrons. The Hall–Kier alpha value is -1.95. The van der Waals surface area contributed by atoms with Gasteiger partial charge in [-0.05, 0) is 30.3 Å². The zero-order chi connectivity index (χ0) is 18.4. The minimum atomic E-state index is -0.277. The van der Waals surface area contributed by atoms with Crippen molar-refractivity contribution in [2.75, 3.05) is 22.5 Å². The molecule has 8 heteroatoms. The highest BCUT2D eigenvalue weighted by molar-refractivity contribution is 6.44. The van der Waals surface area contributed by atoms with Crippen molar-refractivity contribution in [1.29, 1.82) is 0 Å². The Bertz CT molecular complexity index is 797. The lowest BCUT2D eigenvalue weighted by Crippen LogP contribution is -2.22. The smallest absolute Gasteiger partial charge is 0.243 e. The van der Waals surface area contributed by atoms with Crippen molar-refractivity contribution in [3.05, 3.63) is 51.5 Å². The highest BCUT2D eigenvalue weighted by Gasteiger charge is 2.08. The van der Waals surface area contributed by atoms with Gasteiger partial charge in [0.25, 0.3) is 0 Å². The van der Waals surface area contributed by atoms with Crippen LogP contribution in [0, 0.1) is 0 Å². The summed E-state index contributed by atoms with van der Waals surface area (Å²) in [6.45, 7) is 1.75. The molecule has 0 saturated heterocycles. The van der Waals surface area contributed by atoms with Crippen molar-refractivity contribution >= 4 is 63.7 Å². The minimum Gasteiger partial charge on any atom is -0.375 e. The van der Waals surface area contributed by atoms with Crippen LogP contribution in [0.25, 0.3) is 0 Å². The quantitative estimate of drug-likeness (QED) is 0.595. The van der Waals surface area contributed by atoms with Crippen LogP contribution in [0.1, 0.15) is 13.3 Å². The van der Waals surface area contributed by atoms with Gasteiger partial charge >= 0.3 is 0 Å². The zero-order valence-electron chi connectivity index (χ0n) is 13.3. The fourth-order valence-corrected chi connectivity index (χ4v) is 2.58. The monoisotopic (exact) mass is 399 g/mol. The molecule has 0 unspecified atom stereocenters. The summed E-state index contributed by atoms with van der Waals surface area (Å²) in [4.78, 5) is 23.5. The maximum absolute atomic E-state index is 12.1. The van der Waals surface area contributed by atoms with Gasteiger partial charge in [-0.2, -0.15) is 0 Å². The number of carbonyl (C=O) groups excluding carboxylic acids is 2. The summed E-state index contributed by atoms with van der Waals surface area (Å²) in [5.41, 5.74) is 1.70. The van der Waals surface area contributed by atoms with E-state index in [1.807, 2.05) is 0 Å². The zero-order valence-corrected chi connectivity index (χ0v) is 15.6. The maximum Gasteiger partial charge on any atom is 0.243 e. The van der Waals surface area contributed by atoms with Gasteiger partial charge in [-0.3, -0.25) is 9.59 Å². The van der Waals surface area contributed by atoms with Crippen molar-refractivity contribution < 1.29 is 9.59 Å². The average molecular weight is 401 g/mol. The second-order valence-electron chi connectivity index (χ2n) is 5.13. The van der Waals surface area contributed by atoms with Crippen LogP contribution in [0.3, 0.4) is 0 Å². The predicted octanol–water partition coefficient (Wildman–Crippen LogP) is 5.05. The number of anilines is 3. The van der Waals surface area contributed by atoms with Crippen LogP contribution in [0.15, 0.2) is 36.4 Å². The van der Waals surface area contributed by atoms with E-state index in [9.17, 15) is 9.59 Å². The molecule has 0 aromatic heterocycles. The van der Waals surface area contributed by atoms with Crippen LogP contribution in [0.4, 0.5) is 17.1 Å². The van der Waals surface area contributed by atoms with Gasteiger partial charge in [0.1, 0.15) is 0 Å². The van der Waals surface area contributed by atoms with Crippen molar-refractivity contribution in [2.24, 2.45) is 0 Å². The van der Waals surface area contributed by atoms with Gasteiger partial charge in [0, 0.05) is 17.8 Å². The molecule has 0 aliphatic heterocycles. The van der Waals surface area contributed by atoms with Gasteiger partial charge < -0.3 is 16.0 Å². The molecular weight excluding hydrogens is 385 g/mol. The molecule has 0 bridgehead atoms. The van der Waals surface area contributed by atoms with E-state index in [-0.39, 0.29) is 18.4 Å². The van der Waals surface area contributed by atoms with Crippen molar-refractivity contribution in [3.63, 3.8) is 0 Å². The summed E-state index contributed by atoms with van der Waals surface area (Å²) >= 11 is 17.9. The second kappa shape index (κ2) is 8.94. The number of halogens is 3. The first-order valence-electron chi connectivity index (χ1n) is 7.47. The topological polar surface area (TPSA) is 70.2 Å². The summed E-state index contributed by atoms with van der Waals surface area (Å²) in [5, 5.41) is 9.41. The molecule has 0 heterocycles. The molecule has 0 atom stereocenters. The number of rotatable bonds is 6. The standard InChI is InChI=1S/C17H16Cl3N3O2/c1-2-16(24)22-10-4-3-5-11(6-10)23-17(25)9-21-15-8-13(19)12(18)7-14(15)20/h3-8,21H,2,9H2,1H3,(H,22,24)(H,23,25). The molecule has 25 heavy (non-hydrogen) atoms. The molecule has 132 valence electrons. The maximum atomic E-state index is 12.1. The van der Waals surface area contributed by atoms with E-state index < -0.39 is 0 Å². The first-order chi connectivity index (χ1) is 11.9. The highest BCUT2D eigenvalue weighted by atomic mass is 35.5. The first kappa shape index (κ1) is 19.4. The summed E-state index contributed by atoms with van der Waals surface area (Å²) in [6, 6.07) is 9.95. The highest BCUT2D eigenvalue weighted by Crippen LogP contribution is 2.32. The fourth-order valence-electron chi connectivity index (χ4n) is 1.96. The Morgan fingerprint density at radius 1 is 0.880 bits per heavy atom. The Morgan fingerprint density at radius 2 is 1.48 bits per heavy atom. The Morgan fingerprint density at radius 3 is 2.12 bits per heavy atom. The van der Waals surface area contributed by atoms with E-state index in [1.54, 1.807) is 37.3 Å². The Balaban J connectivity index is 1.95. The molecule has 2 amide bonds. The third-order valence-electron chi connectivity index (χ3n) is 3.20. The van der Waals surface area contributed by atoms with Crippen LogP contribution >= 0.6 is 34.8 Å². The van der Waals surface area contributed by atoms with E-state index in [1.165, 1.54) is 6.07 Å². The molecule has 2 rings (SSSR count). The number of benzene rings is 2. The first-order valence-corrected chi connectivity index (χ1v) is 8.60. The predicted molar refractivity (Wildman–Crippen MR) is 104 cm³/mol. The van der Waals surface area contributed by atoms with Crippen LogP contribution in [-0.2, 0) is 9.59 Å². The molecular formula is C17H16Cl3N3O2. The van der Waals surface area contributed by atoms with Crippen LogP contribution < -0.4 is 16.0 Å². The van der Waals surface area contributed by atoms with E-state index in [2.05, 4.69) is 16.0 Å². The lowest BCUT2D eigenvalue weighted by atomic mass is 10.2. The largest absolute Gasteiger partial charge is 0.375 e. The molecule has 0 saturated carbocycles. The molecule has 3 N–H and O–H groups in total.